The molecule has 0 atom stereocenters. The number of sulfonamides is 1. The number of nitrogens with two attached hydrogens (primary N) is 1. The van der Waals surface area contributed by atoms with E-state index in [1.54, 1.807) is 6.07 Å². The second kappa shape index (κ2) is 7.29. The molecule has 1 aromatic carbocycles. The average Bonchev–Trinajstić information content (AvgIpc) is 2.58. The van der Waals surface area contributed by atoms with Gasteiger partial charge in [0, 0.05) is 31.9 Å². The van der Waals surface area contributed by atoms with E-state index in [0.717, 1.165) is 32.5 Å². The number of rotatable bonds is 5. The van der Waals surface area contributed by atoms with E-state index in [0.29, 0.717) is 0 Å². The summed E-state index contributed by atoms with van der Waals surface area (Å²) in [5, 5.41) is 0. The largest absolute Gasteiger partial charge is 0.383 e. The van der Waals surface area contributed by atoms with Crippen LogP contribution in [0.15, 0.2) is 53.6 Å². The van der Waals surface area contributed by atoms with E-state index < -0.39 is 10.0 Å². The van der Waals surface area contributed by atoms with Crippen LogP contribution < -0.4 is 10.5 Å². The number of piperidine rings is 1. The normalized spacial score (nSPS) is 17.0. The van der Waals surface area contributed by atoms with Gasteiger partial charge < -0.3 is 5.73 Å². The monoisotopic (exact) mass is 346 g/mol. The Morgan fingerprint density at radius 2 is 1.83 bits per heavy atom. The number of likely N-dealkylation sites (tertiary alicyclic amines) is 1. The number of pyridine rings is 1. The van der Waals surface area contributed by atoms with E-state index in [1.165, 1.54) is 17.8 Å². The maximum Gasteiger partial charge on any atom is 0.244 e. The number of benzene rings is 1. The molecule has 6 nitrogen and oxygen atoms in total. The molecule has 0 spiro atoms. The number of hydrogen-bond donors (Lipinski definition) is 2. The van der Waals surface area contributed by atoms with Crippen molar-refractivity contribution in [3.63, 3.8) is 0 Å². The van der Waals surface area contributed by atoms with Crippen LogP contribution in [0.5, 0.6) is 0 Å². The Morgan fingerprint density at radius 3 is 2.50 bits per heavy atom. The Kier molecular flexibility index (Phi) is 5.13. The minimum Gasteiger partial charge on any atom is -0.383 e. The summed E-state index contributed by atoms with van der Waals surface area (Å²) < 4.78 is 27.7. The van der Waals surface area contributed by atoms with Gasteiger partial charge in [0.2, 0.25) is 10.0 Å². The molecule has 0 bridgehead atoms. The lowest BCUT2D eigenvalue weighted by Crippen LogP contribution is -2.44. The molecule has 0 amide bonds. The van der Waals surface area contributed by atoms with Gasteiger partial charge in [-0.05, 0) is 30.5 Å². The zero-order chi connectivity index (χ0) is 17.0. The number of nitrogens with zero attached hydrogens (tertiary/aromatic N) is 2. The number of anilines is 1. The topological polar surface area (TPSA) is 88.3 Å². The van der Waals surface area contributed by atoms with E-state index in [-0.39, 0.29) is 16.8 Å². The molecule has 1 aromatic heterocycles. The minimum atomic E-state index is -3.62. The fourth-order valence-electron chi connectivity index (χ4n) is 2.96. The fraction of sp³-hybridized carbons (Fsp3) is 0.353. The van der Waals surface area contributed by atoms with Crippen molar-refractivity contribution in [3.8, 4) is 0 Å². The minimum absolute atomic E-state index is 0.0338. The van der Waals surface area contributed by atoms with E-state index in [9.17, 15) is 8.42 Å². The summed E-state index contributed by atoms with van der Waals surface area (Å²) in [5.41, 5.74) is 6.96. The first-order valence-electron chi connectivity index (χ1n) is 8.04. The van der Waals surface area contributed by atoms with Crippen molar-refractivity contribution in [1.29, 1.82) is 0 Å². The SMILES string of the molecule is Nc1ncccc1S(=O)(=O)NC1CCN(Cc2ccccc2)CC1. The molecule has 0 aliphatic carbocycles. The molecule has 7 heteroatoms. The van der Waals surface area contributed by atoms with Gasteiger partial charge in [0.05, 0.1) is 0 Å². The van der Waals surface area contributed by atoms with Gasteiger partial charge in [0.15, 0.2) is 0 Å². The van der Waals surface area contributed by atoms with Gasteiger partial charge >= 0.3 is 0 Å². The molecule has 2 aromatic rings. The number of aromatic nitrogens is 1. The molecule has 0 radical (unpaired) electrons. The smallest absolute Gasteiger partial charge is 0.244 e. The van der Waals surface area contributed by atoms with Crippen LogP contribution in [0.4, 0.5) is 5.82 Å². The summed E-state index contributed by atoms with van der Waals surface area (Å²) >= 11 is 0. The summed E-state index contributed by atoms with van der Waals surface area (Å²) in [7, 11) is -3.62. The Hall–Kier alpha value is -1.96. The van der Waals surface area contributed by atoms with Crippen LogP contribution in [0.1, 0.15) is 18.4 Å². The first-order valence-corrected chi connectivity index (χ1v) is 9.52. The molecule has 0 saturated carbocycles. The third-order valence-corrected chi connectivity index (χ3v) is 5.82. The average molecular weight is 346 g/mol. The lowest BCUT2D eigenvalue weighted by Gasteiger charge is -2.32. The molecule has 3 N–H and O–H groups in total. The second-order valence-corrected chi connectivity index (χ2v) is 7.73. The number of nitrogens with one attached hydrogen (secondary N) is 1. The summed E-state index contributed by atoms with van der Waals surface area (Å²) in [6, 6.07) is 13.3. The Morgan fingerprint density at radius 1 is 1.12 bits per heavy atom. The van der Waals surface area contributed by atoms with Gasteiger partial charge in [-0.2, -0.15) is 0 Å². The summed E-state index contributed by atoms with van der Waals surface area (Å²) in [4.78, 5) is 6.25. The molecule has 1 saturated heterocycles. The highest BCUT2D eigenvalue weighted by molar-refractivity contribution is 7.89. The number of hydrogen-bond acceptors (Lipinski definition) is 5. The van der Waals surface area contributed by atoms with Crippen molar-refractivity contribution >= 4 is 15.8 Å². The molecule has 1 aliphatic heterocycles. The van der Waals surface area contributed by atoms with Crippen LogP contribution in [0.2, 0.25) is 0 Å². The fourth-order valence-corrected chi connectivity index (χ4v) is 4.35. The van der Waals surface area contributed by atoms with Gasteiger partial charge in [-0.1, -0.05) is 30.3 Å². The molecule has 1 aliphatic rings. The van der Waals surface area contributed by atoms with Crippen LogP contribution in [-0.2, 0) is 16.6 Å². The predicted octanol–water partition coefficient (Wildman–Crippen LogP) is 1.61. The van der Waals surface area contributed by atoms with Gasteiger partial charge in [-0.25, -0.2) is 18.1 Å². The van der Waals surface area contributed by atoms with Crippen molar-refractivity contribution in [2.24, 2.45) is 0 Å². The van der Waals surface area contributed by atoms with Crippen molar-refractivity contribution in [2.75, 3.05) is 18.8 Å². The lowest BCUT2D eigenvalue weighted by atomic mass is 10.1. The van der Waals surface area contributed by atoms with Crippen molar-refractivity contribution in [2.45, 2.75) is 30.3 Å². The first-order chi connectivity index (χ1) is 11.5. The third kappa shape index (κ3) is 4.11. The quantitative estimate of drug-likeness (QED) is 0.859. The maximum absolute atomic E-state index is 12.4. The predicted molar refractivity (Wildman–Crippen MR) is 93.7 cm³/mol. The van der Waals surface area contributed by atoms with Crippen LogP contribution >= 0.6 is 0 Å². The van der Waals surface area contributed by atoms with E-state index in [4.69, 9.17) is 5.73 Å². The molecule has 2 heterocycles. The van der Waals surface area contributed by atoms with E-state index in [1.807, 2.05) is 18.2 Å². The molecule has 128 valence electrons. The van der Waals surface area contributed by atoms with Crippen molar-refractivity contribution in [3.05, 3.63) is 54.2 Å². The van der Waals surface area contributed by atoms with Gasteiger partial charge in [0.1, 0.15) is 10.7 Å². The van der Waals surface area contributed by atoms with Crippen LogP contribution in [0.3, 0.4) is 0 Å². The molecular formula is C17H22N4O2S. The summed E-state index contributed by atoms with van der Waals surface area (Å²) in [6.45, 7) is 2.63. The van der Waals surface area contributed by atoms with Crippen LogP contribution in [-0.4, -0.2) is 37.4 Å². The van der Waals surface area contributed by atoms with Gasteiger partial charge in [0.25, 0.3) is 0 Å². The summed E-state index contributed by atoms with van der Waals surface area (Å²) in [6.07, 6.45) is 3.05. The van der Waals surface area contributed by atoms with Gasteiger partial charge in [-0.15, -0.1) is 0 Å². The maximum atomic E-state index is 12.4. The van der Waals surface area contributed by atoms with E-state index in [2.05, 4.69) is 26.7 Å². The highest BCUT2D eigenvalue weighted by Gasteiger charge is 2.26. The Balaban J connectivity index is 1.56. The Bertz CT molecular complexity index is 772. The Labute approximate surface area is 142 Å². The highest BCUT2D eigenvalue weighted by atomic mass is 32.2. The zero-order valence-corrected chi connectivity index (χ0v) is 14.2. The first kappa shape index (κ1) is 16.9. The van der Waals surface area contributed by atoms with Crippen LogP contribution in [0.25, 0.3) is 0 Å². The third-order valence-electron chi connectivity index (χ3n) is 4.25. The van der Waals surface area contributed by atoms with E-state index >= 15 is 0 Å². The van der Waals surface area contributed by atoms with Crippen molar-refractivity contribution in [1.82, 2.24) is 14.6 Å². The molecule has 1 fully saturated rings. The standard InChI is InChI=1S/C17H22N4O2S/c18-17-16(7-4-10-19-17)24(22,23)20-15-8-11-21(12-9-15)13-14-5-2-1-3-6-14/h1-7,10,15,20H,8-9,11-13H2,(H2,18,19). The van der Waals surface area contributed by atoms with Crippen molar-refractivity contribution < 1.29 is 8.42 Å². The lowest BCUT2D eigenvalue weighted by molar-refractivity contribution is 0.200. The molecular weight excluding hydrogens is 324 g/mol. The highest BCUT2D eigenvalue weighted by Crippen LogP contribution is 2.19. The molecule has 24 heavy (non-hydrogen) atoms. The van der Waals surface area contributed by atoms with Crippen LogP contribution in [0, 0.1) is 0 Å². The number of nitrogen functional groups attached to an aromatic ring is 1. The zero-order valence-electron chi connectivity index (χ0n) is 13.4. The molecule has 3 rings (SSSR count). The second-order valence-electron chi connectivity index (χ2n) is 6.04. The molecule has 0 unspecified atom stereocenters. The summed E-state index contributed by atoms with van der Waals surface area (Å²) in [5.74, 6) is 0.0338. The van der Waals surface area contributed by atoms with Gasteiger partial charge in [-0.3, -0.25) is 4.90 Å².